The van der Waals surface area contributed by atoms with Crippen molar-refractivity contribution in [3.63, 3.8) is 0 Å². The maximum Gasteiger partial charge on any atom is 0.235 e. The average molecular weight is 207 g/mol. The molecule has 4 heteroatoms. The van der Waals surface area contributed by atoms with Crippen LogP contribution in [-0.4, -0.2) is 24.4 Å². The smallest absolute Gasteiger partial charge is 0.235 e. The lowest BCUT2D eigenvalue weighted by Gasteiger charge is -2.15. The Hall–Kier alpha value is -1.39. The van der Waals surface area contributed by atoms with Crippen LogP contribution in [0.2, 0.25) is 0 Å². The van der Waals surface area contributed by atoms with Gasteiger partial charge in [0, 0.05) is 19.5 Å². The van der Waals surface area contributed by atoms with Crippen molar-refractivity contribution in [1.29, 1.82) is 0 Å². The molecule has 0 aromatic heterocycles. The fraction of sp³-hybridized carbons (Fsp3) is 0.364. The first-order chi connectivity index (χ1) is 7.22. The van der Waals surface area contributed by atoms with Crippen LogP contribution in [0.3, 0.4) is 0 Å². The summed E-state index contributed by atoms with van der Waals surface area (Å²) in [5.74, 6) is 4.86. The molecule has 0 saturated heterocycles. The first-order valence-electron chi connectivity index (χ1n) is 4.94. The molecular weight excluding hydrogens is 190 g/mol. The van der Waals surface area contributed by atoms with Crippen LogP contribution < -0.4 is 11.3 Å². The van der Waals surface area contributed by atoms with Gasteiger partial charge in [0.15, 0.2) is 0 Å². The number of carbonyl (C=O) groups excluding carboxylic acids is 1. The third-order valence-electron chi connectivity index (χ3n) is 2.18. The fourth-order valence-corrected chi connectivity index (χ4v) is 1.34. The van der Waals surface area contributed by atoms with Crippen molar-refractivity contribution < 1.29 is 4.79 Å². The Morgan fingerprint density at radius 3 is 2.67 bits per heavy atom. The van der Waals surface area contributed by atoms with E-state index in [9.17, 15) is 4.79 Å². The van der Waals surface area contributed by atoms with Crippen molar-refractivity contribution in [3.05, 3.63) is 35.9 Å². The second-order valence-corrected chi connectivity index (χ2v) is 3.54. The predicted octanol–water partition coefficient (Wildman–Crippen LogP) is 0.498. The molecule has 0 atom stereocenters. The number of hydrogen-bond donors (Lipinski definition) is 2. The summed E-state index contributed by atoms with van der Waals surface area (Å²) in [6.07, 6.45) is 0.430. The molecule has 0 unspecified atom stereocenters. The zero-order valence-electron chi connectivity index (χ0n) is 8.94. The molecule has 0 aliphatic carbocycles. The van der Waals surface area contributed by atoms with Gasteiger partial charge in [0.2, 0.25) is 5.91 Å². The highest BCUT2D eigenvalue weighted by Gasteiger charge is 2.03. The molecule has 15 heavy (non-hydrogen) atoms. The zero-order valence-corrected chi connectivity index (χ0v) is 8.94. The lowest BCUT2D eigenvalue weighted by atomic mass is 10.2. The first kappa shape index (κ1) is 11.7. The molecule has 0 spiro atoms. The molecule has 0 aliphatic heterocycles. The third kappa shape index (κ3) is 4.58. The molecule has 1 aromatic rings. The van der Waals surface area contributed by atoms with E-state index in [1.165, 1.54) is 5.56 Å². The number of benzene rings is 1. The van der Waals surface area contributed by atoms with Gasteiger partial charge in [-0.1, -0.05) is 30.3 Å². The van der Waals surface area contributed by atoms with Crippen LogP contribution in [0, 0.1) is 0 Å². The van der Waals surface area contributed by atoms with Crippen molar-refractivity contribution in [3.8, 4) is 0 Å². The van der Waals surface area contributed by atoms with Crippen molar-refractivity contribution in [2.24, 2.45) is 5.84 Å². The minimum absolute atomic E-state index is 0.130. The molecule has 1 amide bonds. The van der Waals surface area contributed by atoms with E-state index in [1.54, 1.807) is 0 Å². The standard InChI is InChI=1S/C11H17N3O/c1-14(8-7-11(15)13-12)9-10-5-3-2-4-6-10/h2-6H,7-9,12H2,1H3,(H,13,15). The topological polar surface area (TPSA) is 58.4 Å². The Balaban J connectivity index is 2.30. The summed E-state index contributed by atoms with van der Waals surface area (Å²) in [6.45, 7) is 1.55. The lowest BCUT2D eigenvalue weighted by molar-refractivity contribution is -0.121. The molecule has 0 heterocycles. The van der Waals surface area contributed by atoms with Crippen LogP contribution in [-0.2, 0) is 11.3 Å². The Bertz CT molecular complexity index is 300. The maximum atomic E-state index is 10.9. The van der Waals surface area contributed by atoms with Gasteiger partial charge in [0.25, 0.3) is 0 Å². The van der Waals surface area contributed by atoms with Crippen LogP contribution >= 0.6 is 0 Å². The van der Waals surface area contributed by atoms with E-state index >= 15 is 0 Å². The van der Waals surface area contributed by atoms with Crippen LogP contribution in [0.1, 0.15) is 12.0 Å². The number of hydrazine groups is 1. The normalized spacial score (nSPS) is 10.3. The van der Waals surface area contributed by atoms with Gasteiger partial charge in [0.05, 0.1) is 0 Å². The molecule has 0 radical (unpaired) electrons. The number of amides is 1. The second-order valence-electron chi connectivity index (χ2n) is 3.54. The van der Waals surface area contributed by atoms with E-state index in [4.69, 9.17) is 5.84 Å². The number of nitrogens with one attached hydrogen (secondary N) is 1. The highest BCUT2D eigenvalue weighted by atomic mass is 16.2. The highest BCUT2D eigenvalue weighted by Crippen LogP contribution is 2.02. The van der Waals surface area contributed by atoms with Gasteiger partial charge in [-0.25, -0.2) is 5.84 Å². The molecule has 0 saturated carbocycles. The largest absolute Gasteiger partial charge is 0.302 e. The summed E-state index contributed by atoms with van der Waals surface area (Å²) in [4.78, 5) is 13.0. The maximum absolute atomic E-state index is 10.9. The Kier molecular flexibility index (Phi) is 4.80. The van der Waals surface area contributed by atoms with Gasteiger partial charge < -0.3 is 4.90 Å². The summed E-state index contributed by atoms with van der Waals surface area (Å²) in [6, 6.07) is 10.1. The first-order valence-corrected chi connectivity index (χ1v) is 4.94. The summed E-state index contributed by atoms with van der Waals surface area (Å²) in [5.41, 5.74) is 3.36. The van der Waals surface area contributed by atoms with Crippen molar-refractivity contribution >= 4 is 5.91 Å². The number of hydrogen-bond acceptors (Lipinski definition) is 3. The van der Waals surface area contributed by atoms with E-state index in [-0.39, 0.29) is 5.91 Å². The van der Waals surface area contributed by atoms with Crippen molar-refractivity contribution in [2.75, 3.05) is 13.6 Å². The predicted molar refractivity (Wildman–Crippen MR) is 59.7 cm³/mol. The summed E-state index contributed by atoms with van der Waals surface area (Å²) in [7, 11) is 1.98. The van der Waals surface area contributed by atoms with E-state index in [0.717, 1.165) is 6.54 Å². The van der Waals surface area contributed by atoms with Gasteiger partial charge in [-0.05, 0) is 12.6 Å². The SMILES string of the molecule is CN(CCC(=O)NN)Cc1ccccc1. The third-order valence-corrected chi connectivity index (χ3v) is 2.18. The molecule has 3 N–H and O–H groups in total. The highest BCUT2D eigenvalue weighted by molar-refractivity contribution is 5.75. The molecule has 0 aliphatic rings. The van der Waals surface area contributed by atoms with Gasteiger partial charge in [-0.3, -0.25) is 10.2 Å². The van der Waals surface area contributed by atoms with Crippen LogP contribution in [0.5, 0.6) is 0 Å². The number of nitrogens with two attached hydrogens (primary N) is 1. The lowest BCUT2D eigenvalue weighted by Crippen LogP contribution is -2.33. The number of rotatable bonds is 5. The molecule has 0 fully saturated rings. The fourth-order valence-electron chi connectivity index (χ4n) is 1.34. The molecule has 4 nitrogen and oxygen atoms in total. The summed E-state index contributed by atoms with van der Waals surface area (Å²) in [5, 5.41) is 0. The summed E-state index contributed by atoms with van der Waals surface area (Å²) < 4.78 is 0. The average Bonchev–Trinajstić information content (AvgIpc) is 2.27. The molecule has 0 bridgehead atoms. The van der Waals surface area contributed by atoms with Crippen LogP contribution in [0.15, 0.2) is 30.3 Å². The van der Waals surface area contributed by atoms with Crippen LogP contribution in [0.25, 0.3) is 0 Å². The van der Waals surface area contributed by atoms with E-state index < -0.39 is 0 Å². The molecule has 1 aromatic carbocycles. The quantitative estimate of drug-likeness (QED) is 0.420. The Labute approximate surface area is 90.0 Å². The minimum Gasteiger partial charge on any atom is -0.302 e. The van der Waals surface area contributed by atoms with E-state index in [0.29, 0.717) is 13.0 Å². The minimum atomic E-state index is -0.130. The van der Waals surface area contributed by atoms with Crippen molar-refractivity contribution in [1.82, 2.24) is 10.3 Å². The van der Waals surface area contributed by atoms with Gasteiger partial charge in [-0.15, -0.1) is 0 Å². The number of carbonyl (C=O) groups is 1. The Morgan fingerprint density at radius 2 is 2.07 bits per heavy atom. The second kappa shape index (κ2) is 6.16. The van der Waals surface area contributed by atoms with Gasteiger partial charge in [0.1, 0.15) is 0 Å². The molecular formula is C11H17N3O. The van der Waals surface area contributed by atoms with Crippen LogP contribution in [0.4, 0.5) is 0 Å². The van der Waals surface area contributed by atoms with Crippen molar-refractivity contribution in [2.45, 2.75) is 13.0 Å². The Morgan fingerprint density at radius 1 is 1.40 bits per heavy atom. The van der Waals surface area contributed by atoms with Gasteiger partial charge in [-0.2, -0.15) is 0 Å². The molecule has 82 valence electrons. The van der Waals surface area contributed by atoms with Gasteiger partial charge >= 0.3 is 0 Å². The summed E-state index contributed by atoms with van der Waals surface area (Å²) >= 11 is 0. The zero-order chi connectivity index (χ0) is 11.1. The molecule has 1 rings (SSSR count). The number of nitrogens with zero attached hydrogens (tertiary/aromatic N) is 1. The monoisotopic (exact) mass is 207 g/mol. The van der Waals surface area contributed by atoms with E-state index in [1.807, 2.05) is 25.2 Å². The van der Waals surface area contributed by atoms with E-state index in [2.05, 4.69) is 22.5 Å².